The first-order valence-electron chi connectivity index (χ1n) is 8.82. The Morgan fingerprint density at radius 2 is 1.73 bits per heavy atom. The maximum absolute atomic E-state index is 12.3. The van der Waals surface area contributed by atoms with Gasteiger partial charge in [0.2, 0.25) is 0 Å². The van der Waals surface area contributed by atoms with Crippen molar-refractivity contribution >= 4 is 5.97 Å². The third kappa shape index (κ3) is 4.76. The number of rotatable bonds is 8. The van der Waals surface area contributed by atoms with Gasteiger partial charge in [-0.15, -0.1) is 0 Å². The van der Waals surface area contributed by atoms with E-state index in [9.17, 15) is 4.79 Å². The smallest absolute Gasteiger partial charge is 0.315 e. The molecule has 0 amide bonds. The molecule has 3 rings (SSSR count). The number of aromatic nitrogens is 1. The van der Waals surface area contributed by atoms with Crippen LogP contribution in [0.4, 0.5) is 0 Å². The van der Waals surface area contributed by atoms with Gasteiger partial charge in [-0.25, -0.2) is 0 Å². The molecule has 0 aliphatic carbocycles. The monoisotopic (exact) mass is 349 g/mol. The number of hydrogen-bond acceptors (Lipinski definition) is 3. The van der Waals surface area contributed by atoms with Crippen molar-refractivity contribution in [2.24, 2.45) is 0 Å². The number of ether oxygens (including phenoxy) is 2. The average molecular weight is 349 g/mol. The van der Waals surface area contributed by atoms with Gasteiger partial charge >= 0.3 is 5.97 Å². The van der Waals surface area contributed by atoms with Crippen molar-refractivity contribution in [3.05, 3.63) is 89.7 Å². The molecular weight excluding hydrogens is 326 g/mol. The second-order valence-corrected chi connectivity index (χ2v) is 6.05. The molecule has 1 N–H and O–H groups in total. The van der Waals surface area contributed by atoms with Crippen molar-refractivity contribution in [1.29, 1.82) is 0 Å². The van der Waals surface area contributed by atoms with Crippen LogP contribution >= 0.6 is 0 Å². The Bertz CT molecular complexity index is 795. The maximum Gasteiger partial charge on any atom is 0.315 e. The molecule has 0 spiro atoms. The Balaban J connectivity index is 1.64. The summed E-state index contributed by atoms with van der Waals surface area (Å²) >= 11 is 0. The SMILES string of the molecule is CCOC(=O)C(Cc1ccc(OCc2ccccc2)cc1)c1ccc[nH]1. The van der Waals surface area contributed by atoms with E-state index in [4.69, 9.17) is 9.47 Å². The summed E-state index contributed by atoms with van der Waals surface area (Å²) in [6.07, 6.45) is 2.40. The minimum absolute atomic E-state index is 0.209. The van der Waals surface area contributed by atoms with E-state index in [1.807, 2.05) is 79.9 Å². The lowest BCUT2D eigenvalue weighted by molar-refractivity contribution is -0.145. The molecule has 3 aromatic rings. The number of aromatic amines is 1. The highest BCUT2D eigenvalue weighted by Crippen LogP contribution is 2.23. The van der Waals surface area contributed by atoms with E-state index in [0.717, 1.165) is 22.6 Å². The van der Waals surface area contributed by atoms with Crippen LogP contribution in [-0.2, 0) is 22.6 Å². The molecule has 0 saturated carbocycles. The normalized spacial score (nSPS) is 11.7. The zero-order valence-corrected chi connectivity index (χ0v) is 14.9. The van der Waals surface area contributed by atoms with Gasteiger partial charge in [-0.05, 0) is 48.7 Å². The van der Waals surface area contributed by atoms with E-state index in [-0.39, 0.29) is 11.9 Å². The van der Waals surface area contributed by atoms with Gasteiger partial charge in [-0.3, -0.25) is 4.79 Å². The lowest BCUT2D eigenvalue weighted by atomic mass is 9.96. The lowest BCUT2D eigenvalue weighted by Gasteiger charge is -2.15. The number of benzene rings is 2. The summed E-state index contributed by atoms with van der Waals surface area (Å²) in [5.41, 5.74) is 3.06. The van der Waals surface area contributed by atoms with Crippen LogP contribution in [0.3, 0.4) is 0 Å². The molecule has 1 heterocycles. The van der Waals surface area contributed by atoms with Crippen molar-refractivity contribution in [1.82, 2.24) is 4.98 Å². The third-order valence-electron chi connectivity index (χ3n) is 4.18. The standard InChI is InChI=1S/C22H23NO3/c1-2-25-22(24)20(21-9-6-14-23-21)15-17-10-12-19(13-11-17)26-16-18-7-4-3-5-8-18/h3-14,20,23H,2,15-16H2,1H3. The van der Waals surface area contributed by atoms with Crippen LogP contribution in [0.15, 0.2) is 72.9 Å². The Labute approximate surface area is 153 Å². The zero-order chi connectivity index (χ0) is 18.2. The van der Waals surface area contributed by atoms with Gasteiger partial charge in [-0.1, -0.05) is 42.5 Å². The van der Waals surface area contributed by atoms with Gasteiger partial charge in [0.1, 0.15) is 18.3 Å². The molecule has 2 aromatic carbocycles. The van der Waals surface area contributed by atoms with Gasteiger partial charge in [0.05, 0.1) is 6.61 Å². The zero-order valence-electron chi connectivity index (χ0n) is 14.9. The number of carbonyl (C=O) groups is 1. The molecule has 0 aliphatic heterocycles. The molecule has 1 aromatic heterocycles. The number of carbonyl (C=O) groups excluding carboxylic acids is 1. The van der Waals surface area contributed by atoms with Gasteiger partial charge in [0.25, 0.3) is 0 Å². The Kier molecular flexibility index (Phi) is 6.09. The average Bonchev–Trinajstić information content (AvgIpc) is 3.21. The molecule has 4 heteroatoms. The van der Waals surface area contributed by atoms with Crippen molar-refractivity contribution in [3.8, 4) is 5.75 Å². The predicted octanol–water partition coefficient (Wildman–Crippen LogP) is 4.48. The third-order valence-corrected chi connectivity index (χ3v) is 4.18. The van der Waals surface area contributed by atoms with E-state index >= 15 is 0 Å². The minimum atomic E-state index is -0.332. The summed E-state index contributed by atoms with van der Waals surface area (Å²) in [5, 5.41) is 0. The molecule has 134 valence electrons. The summed E-state index contributed by atoms with van der Waals surface area (Å²) < 4.78 is 11.0. The Morgan fingerprint density at radius 1 is 0.962 bits per heavy atom. The number of H-pyrrole nitrogens is 1. The topological polar surface area (TPSA) is 51.3 Å². The van der Waals surface area contributed by atoms with E-state index in [0.29, 0.717) is 19.6 Å². The Morgan fingerprint density at radius 3 is 2.38 bits per heavy atom. The summed E-state index contributed by atoms with van der Waals surface area (Å²) in [6, 6.07) is 21.7. The van der Waals surface area contributed by atoms with Crippen molar-refractivity contribution in [3.63, 3.8) is 0 Å². The molecule has 1 atom stereocenters. The molecule has 26 heavy (non-hydrogen) atoms. The van der Waals surface area contributed by atoms with E-state index in [1.54, 1.807) is 0 Å². The molecule has 0 saturated heterocycles. The first-order valence-corrected chi connectivity index (χ1v) is 8.82. The first kappa shape index (κ1) is 17.8. The van der Waals surface area contributed by atoms with Crippen LogP contribution in [-0.4, -0.2) is 17.6 Å². The first-order chi connectivity index (χ1) is 12.8. The van der Waals surface area contributed by atoms with Crippen LogP contribution in [0.5, 0.6) is 5.75 Å². The lowest BCUT2D eigenvalue weighted by Crippen LogP contribution is -2.18. The minimum Gasteiger partial charge on any atom is -0.489 e. The quantitative estimate of drug-likeness (QED) is 0.610. The second-order valence-electron chi connectivity index (χ2n) is 6.05. The van der Waals surface area contributed by atoms with E-state index in [1.165, 1.54) is 0 Å². The second kappa shape index (κ2) is 8.90. The highest BCUT2D eigenvalue weighted by atomic mass is 16.5. The summed E-state index contributed by atoms with van der Waals surface area (Å²) in [4.78, 5) is 15.4. The summed E-state index contributed by atoms with van der Waals surface area (Å²) in [6.45, 7) is 2.74. The number of nitrogens with one attached hydrogen (secondary N) is 1. The van der Waals surface area contributed by atoms with Crippen LogP contribution < -0.4 is 4.74 Å². The molecule has 1 unspecified atom stereocenters. The number of esters is 1. The fourth-order valence-corrected chi connectivity index (χ4v) is 2.82. The molecule has 4 nitrogen and oxygen atoms in total. The van der Waals surface area contributed by atoms with E-state index in [2.05, 4.69) is 4.98 Å². The molecule has 0 bridgehead atoms. The van der Waals surface area contributed by atoms with Crippen LogP contribution in [0.2, 0.25) is 0 Å². The summed E-state index contributed by atoms with van der Waals surface area (Å²) in [7, 11) is 0. The van der Waals surface area contributed by atoms with Gasteiger partial charge in [0, 0.05) is 11.9 Å². The van der Waals surface area contributed by atoms with Gasteiger partial charge < -0.3 is 14.5 Å². The van der Waals surface area contributed by atoms with Crippen LogP contribution in [0.1, 0.15) is 29.7 Å². The molecule has 0 radical (unpaired) electrons. The fraction of sp³-hybridized carbons (Fsp3) is 0.227. The van der Waals surface area contributed by atoms with Crippen LogP contribution in [0, 0.1) is 0 Å². The van der Waals surface area contributed by atoms with Crippen molar-refractivity contribution in [2.45, 2.75) is 25.9 Å². The highest BCUT2D eigenvalue weighted by molar-refractivity contribution is 5.78. The number of hydrogen-bond donors (Lipinski definition) is 1. The summed E-state index contributed by atoms with van der Waals surface area (Å²) in [5.74, 6) is 0.269. The molecular formula is C22H23NO3. The van der Waals surface area contributed by atoms with E-state index < -0.39 is 0 Å². The largest absolute Gasteiger partial charge is 0.489 e. The highest BCUT2D eigenvalue weighted by Gasteiger charge is 2.23. The van der Waals surface area contributed by atoms with Crippen molar-refractivity contribution < 1.29 is 14.3 Å². The fourth-order valence-electron chi connectivity index (χ4n) is 2.82. The van der Waals surface area contributed by atoms with Gasteiger partial charge in [0.15, 0.2) is 0 Å². The van der Waals surface area contributed by atoms with Gasteiger partial charge in [-0.2, -0.15) is 0 Å². The molecule has 0 aliphatic rings. The van der Waals surface area contributed by atoms with Crippen LogP contribution in [0.25, 0.3) is 0 Å². The maximum atomic E-state index is 12.3. The Hall–Kier alpha value is -3.01. The van der Waals surface area contributed by atoms with Crippen molar-refractivity contribution in [2.75, 3.05) is 6.61 Å². The molecule has 0 fully saturated rings. The predicted molar refractivity (Wildman–Crippen MR) is 101 cm³/mol.